The first-order valence-corrected chi connectivity index (χ1v) is 7.76. The zero-order valence-corrected chi connectivity index (χ0v) is 13.1. The van der Waals surface area contributed by atoms with Gasteiger partial charge in [0.2, 0.25) is 0 Å². The first-order valence-electron chi connectivity index (χ1n) is 7.76. The normalized spacial score (nSPS) is 17.6. The highest BCUT2D eigenvalue weighted by molar-refractivity contribution is 5.50. The third-order valence-electron chi connectivity index (χ3n) is 4.21. The molecule has 0 spiro atoms. The van der Waals surface area contributed by atoms with Crippen molar-refractivity contribution in [1.82, 2.24) is 19.8 Å². The van der Waals surface area contributed by atoms with E-state index in [0.29, 0.717) is 24.4 Å². The molecule has 0 aliphatic carbocycles. The van der Waals surface area contributed by atoms with Gasteiger partial charge in [-0.1, -0.05) is 0 Å². The van der Waals surface area contributed by atoms with Gasteiger partial charge in [0.1, 0.15) is 17.5 Å². The monoisotopic (exact) mass is 330 g/mol. The summed E-state index contributed by atoms with van der Waals surface area (Å²) in [6.45, 7) is 3.17. The van der Waals surface area contributed by atoms with E-state index in [4.69, 9.17) is 0 Å². The number of nitrogens with one attached hydrogen (secondary N) is 1. The molecule has 0 bridgehead atoms. The number of nitrogens with zero attached hydrogens (tertiary/aromatic N) is 5. The second kappa shape index (κ2) is 5.70. The van der Waals surface area contributed by atoms with Crippen LogP contribution in [0.25, 0.3) is 5.65 Å². The molecule has 0 radical (unpaired) electrons. The Labute approximate surface area is 137 Å². The zero-order chi connectivity index (χ0) is 16.7. The minimum atomic E-state index is -0.563. The minimum absolute atomic E-state index is 0.135. The summed E-state index contributed by atoms with van der Waals surface area (Å²) in [5.74, 6) is 0.342. The van der Waals surface area contributed by atoms with E-state index in [2.05, 4.69) is 20.6 Å². The fourth-order valence-electron chi connectivity index (χ4n) is 3.02. The summed E-state index contributed by atoms with van der Waals surface area (Å²) < 4.78 is 28.6. The molecule has 0 amide bonds. The number of benzene rings is 1. The Morgan fingerprint density at radius 1 is 1.17 bits per heavy atom. The lowest BCUT2D eigenvalue weighted by Gasteiger charge is -2.20. The van der Waals surface area contributed by atoms with Crippen LogP contribution in [0, 0.1) is 18.6 Å². The van der Waals surface area contributed by atoms with E-state index in [0.717, 1.165) is 24.1 Å². The lowest BCUT2D eigenvalue weighted by atomic mass is 10.2. The fraction of sp³-hybridized carbons (Fsp3) is 0.312. The van der Waals surface area contributed by atoms with Crippen molar-refractivity contribution >= 4 is 17.2 Å². The van der Waals surface area contributed by atoms with Crippen LogP contribution in [0.1, 0.15) is 12.2 Å². The molecule has 1 unspecified atom stereocenters. The molecule has 1 atom stereocenters. The van der Waals surface area contributed by atoms with Crippen LogP contribution in [0.5, 0.6) is 0 Å². The van der Waals surface area contributed by atoms with Crippen molar-refractivity contribution in [2.45, 2.75) is 19.4 Å². The number of aryl methyl sites for hydroxylation is 1. The highest BCUT2D eigenvalue weighted by Gasteiger charge is 2.25. The van der Waals surface area contributed by atoms with Gasteiger partial charge in [-0.25, -0.2) is 8.78 Å². The second-order valence-corrected chi connectivity index (χ2v) is 5.91. The summed E-state index contributed by atoms with van der Waals surface area (Å²) in [6.07, 6.45) is 0.845. The van der Waals surface area contributed by atoms with Gasteiger partial charge in [-0.3, -0.25) is 0 Å². The van der Waals surface area contributed by atoms with E-state index in [-0.39, 0.29) is 6.04 Å². The molecular weight excluding hydrogens is 314 g/mol. The van der Waals surface area contributed by atoms with Crippen molar-refractivity contribution in [3.05, 3.63) is 47.8 Å². The molecule has 1 aromatic carbocycles. The van der Waals surface area contributed by atoms with Gasteiger partial charge in [-0.2, -0.15) is 4.52 Å². The maximum atomic E-state index is 13.9. The van der Waals surface area contributed by atoms with Crippen LogP contribution in [0.15, 0.2) is 30.3 Å². The van der Waals surface area contributed by atoms with Crippen molar-refractivity contribution < 1.29 is 8.78 Å². The van der Waals surface area contributed by atoms with E-state index >= 15 is 0 Å². The number of hydrogen-bond acceptors (Lipinski definition) is 5. The number of hydrogen-bond donors (Lipinski definition) is 1. The van der Waals surface area contributed by atoms with Gasteiger partial charge < -0.3 is 10.2 Å². The molecule has 8 heteroatoms. The average Bonchev–Trinajstić information content (AvgIpc) is 3.15. The number of halogens is 2. The van der Waals surface area contributed by atoms with Crippen LogP contribution in [-0.4, -0.2) is 38.9 Å². The summed E-state index contributed by atoms with van der Waals surface area (Å²) in [4.78, 5) is 1.91. The predicted octanol–water partition coefficient (Wildman–Crippen LogP) is 2.40. The van der Waals surface area contributed by atoms with E-state index in [9.17, 15) is 8.78 Å². The van der Waals surface area contributed by atoms with Gasteiger partial charge >= 0.3 is 0 Å². The minimum Gasteiger partial charge on any atom is -0.367 e. The Hall–Kier alpha value is -2.77. The summed E-state index contributed by atoms with van der Waals surface area (Å²) in [5, 5.41) is 15.8. The molecular formula is C16H16F2N6. The van der Waals surface area contributed by atoms with Crippen LogP contribution in [-0.2, 0) is 0 Å². The van der Waals surface area contributed by atoms with Crippen molar-refractivity contribution in [3.63, 3.8) is 0 Å². The summed E-state index contributed by atoms with van der Waals surface area (Å²) >= 11 is 0. The SMILES string of the molecule is Cc1nnc2ccc(NC3CCN(c4ccc(F)cc4F)C3)nn12. The van der Waals surface area contributed by atoms with Crippen LogP contribution in [0.4, 0.5) is 20.3 Å². The van der Waals surface area contributed by atoms with Gasteiger partial charge in [-0.05, 0) is 37.6 Å². The van der Waals surface area contributed by atoms with Crippen LogP contribution >= 0.6 is 0 Å². The largest absolute Gasteiger partial charge is 0.367 e. The number of rotatable bonds is 3. The van der Waals surface area contributed by atoms with Crippen molar-refractivity contribution in [3.8, 4) is 0 Å². The molecule has 4 rings (SSSR count). The Bertz CT molecular complexity index is 893. The van der Waals surface area contributed by atoms with Crippen LogP contribution in [0.2, 0.25) is 0 Å². The molecule has 124 valence electrons. The standard InChI is InChI=1S/C16H16F2N6/c1-10-20-21-16-5-4-15(22-24(10)16)19-12-6-7-23(9-12)14-3-2-11(17)8-13(14)18/h2-5,8,12H,6-7,9H2,1H3,(H,19,22). The van der Waals surface area contributed by atoms with Crippen LogP contribution < -0.4 is 10.2 Å². The van der Waals surface area contributed by atoms with Crippen molar-refractivity contribution in [1.29, 1.82) is 0 Å². The first kappa shape index (κ1) is 14.8. The lowest BCUT2D eigenvalue weighted by Crippen LogP contribution is -2.27. The van der Waals surface area contributed by atoms with Gasteiger partial charge in [0, 0.05) is 25.2 Å². The maximum Gasteiger partial charge on any atom is 0.178 e. The fourth-order valence-corrected chi connectivity index (χ4v) is 3.02. The molecule has 0 saturated carbocycles. The Kier molecular flexibility index (Phi) is 3.51. The van der Waals surface area contributed by atoms with Gasteiger partial charge in [0.15, 0.2) is 11.5 Å². The van der Waals surface area contributed by atoms with Crippen LogP contribution in [0.3, 0.4) is 0 Å². The van der Waals surface area contributed by atoms with Crippen molar-refractivity contribution in [2.75, 3.05) is 23.3 Å². The lowest BCUT2D eigenvalue weighted by molar-refractivity contribution is 0.581. The molecule has 6 nitrogen and oxygen atoms in total. The smallest absolute Gasteiger partial charge is 0.178 e. The summed E-state index contributed by atoms with van der Waals surface area (Å²) in [7, 11) is 0. The van der Waals surface area contributed by atoms with Crippen molar-refractivity contribution in [2.24, 2.45) is 0 Å². The molecule has 1 fully saturated rings. The highest BCUT2D eigenvalue weighted by Crippen LogP contribution is 2.25. The molecule has 24 heavy (non-hydrogen) atoms. The zero-order valence-electron chi connectivity index (χ0n) is 13.1. The Morgan fingerprint density at radius 3 is 2.88 bits per heavy atom. The van der Waals surface area contributed by atoms with Gasteiger partial charge in [0.25, 0.3) is 0 Å². The van der Waals surface area contributed by atoms with E-state index < -0.39 is 11.6 Å². The number of aromatic nitrogens is 4. The van der Waals surface area contributed by atoms with E-state index in [1.807, 2.05) is 24.0 Å². The number of anilines is 2. The molecule has 1 saturated heterocycles. The third kappa shape index (κ3) is 2.64. The summed E-state index contributed by atoms with van der Waals surface area (Å²) in [5.41, 5.74) is 1.12. The molecule has 1 aliphatic rings. The van der Waals surface area contributed by atoms with E-state index in [1.54, 1.807) is 4.52 Å². The van der Waals surface area contributed by atoms with E-state index in [1.165, 1.54) is 12.1 Å². The van der Waals surface area contributed by atoms with Gasteiger partial charge in [-0.15, -0.1) is 15.3 Å². The summed E-state index contributed by atoms with van der Waals surface area (Å²) in [6, 6.07) is 7.52. The topological polar surface area (TPSA) is 58.4 Å². The van der Waals surface area contributed by atoms with Gasteiger partial charge in [0.05, 0.1) is 5.69 Å². The third-order valence-corrected chi connectivity index (χ3v) is 4.21. The molecule has 2 aromatic heterocycles. The second-order valence-electron chi connectivity index (χ2n) is 5.91. The Balaban J connectivity index is 1.49. The molecule has 1 N–H and O–H groups in total. The number of fused-ring (bicyclic) bond motifs is 1. The highest BCUT2D eigenvalue weighted by atomic mass is 19.1. The molecule has 1 aliphatic heterocycles. The first-order chi connectivity index (χ1) is 11.6. The predicted molar refractivity (Wildman–Crippen MR) is 86.1 cm³/mol. The molecule has 3 aromatic rings. The average molecular weight is 330 g/mol. The maximum absolute atomic E-state index is 13.9. The Morgan fingerprint density at radius 2 is 2.04 bits per heavy atom. The molecule has 3 heterocycles. The quantitative estimate of drug-likeness (QED) is 0.799.